The second-order valence-corrected chi connectivity index (χ2v) is 8.50. The number of likely N-dealkylation sites (N-methyl/N-ethyl adjacent to an activating group) is 1. The highest BCUT2D eigenvalue weighted by molar-refractivity contribution is 14.0. The van der Waals surface area contributed by atoms with Crippen LogP contribution in [0.25, 0.3) is 0 Å². The highest BCUT2D eigenvalue weighted by Crippen LogP contribution is 2.24. The maximum absolute atomic E-state index is 12.0. The Morgan fingerprint density at radius 1 is 1.23 bits per heavy atom. The van der Waals surface area contributed by atoms with Gasteiger partial charge in [0.2, 0.25) is 5.91 Å². The standard InChI is InChI=1S/C23H36N4O3.HI/c1-17-9-10-18(21(13-17)30-20-11-12-29-16-20)14-24-23(25-15-22(28)27(2)3)26-19-7-5-4-6-8-19;/h9-10,13,19-20H,4-8,11-12,14-16H2,1-3H3,(H2,24,25,26);1H. The summed E-state index contributed by atoms with van der Waals surface area (Å²) in [4.78, 5) is 18.4. The Balaban J connectivity index is 0.00000341. The monoisotopic (exact) mass is 544 g/mol. The van der Waals surface area contributed by atoms with Crippen molar-refractivity contribution in [2.45, 2.75) is 64.1 Å². The van der Waals surface area contributed by atoms with Crippen LogP contribution in [0, 0.1) is 6.92 Å². The van der Waals surface area contributed by atoms with Crippen molar-refractivity contribution < 1.29 is 14.3 Å². The first-order valence-corrected chi connectivity index (χ1v) is 11.1. The Morgan fingerprint density at radius 2 is 2.00 bits per heavy atom. The lowest BCUT2D eigenvalue weighted by Gasteiger charge is -2.25. The maximum Gasteiger partial charge on any atom is 0.241 e. The number of ether oxygens (including phenoxy) is 2. The first-order valence-electron chi connectivity index (χ1n) is 11.1. The molecule has 2 N–H and O–H groups in total. The third kappa shape index (κ3) is 8.48. The molecule has 1 saturated heterocycles. The summed E-state index contributed by atoms with van der Waals surface area (Å²) in [5, 5.41) is 6.74. The zero-order chi connectivity index (χ0) is 21.3. The predicted octanol–water partition coefficient (Wildman–Crippen LogP) is 3.24. The average molecular weight is 544 g/mol. The van der Waals surface area contributed by atoms with Gasteiger partial charge >= 0.3 is 0 Å². The van der Waals surface area contributed by atoms with Gasteiger partial charge in [-0.2, -0.15) is 0 Å². The number of carbonyl (C=O) groups is 1. The summed E-state index contributed by atoms with van der Waals surface area (Å²) >= 11 is 0. The van der Waals surface area contributed by atoms with Crippen LogP contribution in [0.5, 0.6) is 5.75 Å². The van der Waals surface area contributed by atoms with Crippen LogP contribution in [0.3, 0.4) is 0 Å². The lowest BCUT2D eigenvalue weighted by molar-refractivity contribution is -0.127. The number of guanidine groups is 1. The first-order chi connectivity index (χ1) is 14.5. The SMILES string of the molecule is Cc1ccc(CN=C(NCC(=O)N(C)C)NC2CCCCC2)c(OC2CCOC2)c1.I. The molecule has 0 aromatic heterocycles. The summed E-state index contributed by atoms with van der Waals surface area (Å²) in [5.74, 6) is 1.58. The summed E-state index contributed by atoms with van der Waals surface area (Å²) in [5.41, 5.74) is 2.20. The van der Waals surface area contributed by atoms with E-state index in [2.05, 4.69) is 35.8 Å². The molecule has 2 aliphatic rings. The third-order valence-electron chi connectivity index (χ3n) is 5.66. The van der Waals surface area contributed by atoms with Gasteiger partial charge in [0.1, 0.15) is 11.9 Å². The minimum atomic E-state index is 0. The molecule has 7 nitrogen and oxygen atoms in total. The van der Waals surface area contributed by atoms with Crippen molar-refractivity contribution in [3.63, 3.8) is 0 Å². The van der Waals surface area contributed by atoms with Gasteiger partial charge in [0, 0.05) is 32.1 Å². The average Bonchev–Trinajstić information content (AvgIpc) is 3.24. The Bertz CT molecular complexity index is 730. The molecule has 0 spiro atoms. The smallest absolute Gasteiger partial charge is 0.241 e. The molecule has 1 heterocycles. The van der Waals surface area contributed by atoms with Crippen LogP contribution >= 0.6 is 24.0 Å². The van der Waals surface area contributed by atoms with Gasteiger partial charge in [-0.1, -0.05) is 31.4 Å². The zero-order valence-electron chi connectivity index (χ0n) is 19.0. The van der Waals surface area contributed by atoms with E-state index >= 15 is 0 Å². The Kier molecular flexibility index (Phi) is 10.9. The van der Waals surface area contributed by atoms with Crippen LogP contribution < -0.4 is 15.4 Å². The number of hydrogen-bond donors (Lipinski definition) is 2. The number of halogens is 1. The summed E-state index contributed by atoms with van der Waals surface area (Å²) < 4.78 is 11.7. The van der Waals surface area contributed by atoms with Gasteiger partial charge in [-0.05, 0) is 31.4 Å². The number of aliphatic imine (C=N–C) groups is 1. The normalized spacial score (nSPS) is 19.5. The van der Waals surface area contributed by atoms with Crippen LogP contribution in [0.1, 0.15) is 49.7 Å². The topological polar surface area (TPSA) is 75.2 Å². The molecule has 1 aliphatic heterocycles. The zero-order valence-corrected chi connectivity index (χ0v) is 21.3. The van der Waals surface area contributed by atoms with E-state index in [1.807, 2.05) is 0 Å². The molecule has 0 bridgehead atoms. The number of benzene rings is 1. The van der Waals surface area contributed by atoms with Gasteiger partial charge in [-0.15, -0.1) is 24.0 Å². The molecule has 8 heteroatoms. The van der Waals surface area contributed by atoms with E-state index < -0.39 is 0 Å². The lowest BCUT2D eigenvalue weighted by atomic mass is 9.96. The number of amides is 1. The lowest BCUT2D eigenvalue weighted by Crippen LogP contribution is -2.47. The molecule has 1 unspecified atom stereocenters. The minimum Gasteiger partial charge on any atom is -0.488 e. The van der Waals surface area contributed by atoms with Crippen molar-refractivity contribution in [3.05, 3.63) is 29.3 Å². The number of nitrogens with zero attached hydrogens (tertiary/aromatic N) is 2. The van der Waals surface area contributed by atoms with Crippen LogP contribution in [-0.4, -0.2) is 62.8 Å². The van der Waals surface area contributed by atoms with Crippen LogP contribution in [0.2, 0.25) is 0 Å². The molecule has 1 amide bonds. The van der Waals surface area contributed by atoms with Crippen molar-refractivity contribution >= 4 is 35.8 Å². The molecule has 1 aromatic rings. The molecule has 1 saturated carbocycles. The molecule has 1 aromatic carbocycles. The Labute approximate surface area is 203 Å². The number of carbonyl (C=O) groups excluding carboxylic acids is 1. The van der Waals surface area contributed by atoms with E-state index in [0.29, 0.717) is 25.2 Å². The van der Waals surface area contributed by atoms with Gasteiger partial charge in [0.25, 0.3) is 0 Å². The van der Waals surface area contributed by atoms with Crippen molar-refractivity contribution in [3.8, 4) is 5.75 Å². The molecule has 1 aliphatic carbocycles. The van der Waals surface area contributed by atoms with Crippen molar-refractivity contribution in [2.24, 2.45) is 4.99 Å². The van der Waals surface area contributed by atoms with E-state index in [0.717, 1.165) is 42.7 Å². The highest BCUT2D eigenvalue weighted by Gasteiger charge is 2.19. The summed E-state index contributed by atoms with van der Waals surface area (Å²) in [6.07, 6.45) is 7.07. The molecule has 1 atom stereocenters. The van der Waals surface area contributed by atoms with Gasteiger partial charge in [-0.3, -0.25) is 4.79 Å². The molecule has 0 radical (unpaired) electrons. The van der Waals surface area contributed by atoms with Crippen LogP contribution in [-0.2, 0) is 16.1 Å². The van der Waals surface area contributed by atoms with Crippen LogP contribution in [0.4, 0.5) is 0 Å². The van der Waals surface area contributed by atoms with Gasteiger partial charge in [0.15, 0.2) is 5.96 Å². The second-order valence-electron chi connectivity index (χ2n) is 8.50. The number of rotatable bonds is 7. The number of hydrogen-bond acceptors (Lipinski definition) is 4. The van der Waals surface area contributed by atoms with E-state index in [4.69, 9.17) is 14.5 Å². The van der Waals surface area contributed by atoms with Crippen molar-refractivity contribution in [1.29, 1.82) is 0 Å². The van der Waals surface area contributed by atoms with E-state index in [-0.39, 0.29) is 42.5 Å². The Morgan fingerprint density at radius 3 is 2.68 bits per heavy atom. The molecular weight excluding hydrogens is 507 g/mol. The van der Waals surface area contributed by atoms with Crippen molar-refractivity contribution in [1.82, 2.24) is 15.5 Å². The molecule has 3 rings (SSSR count). The third-order valence-corrected chi connectivity index (χ3v) is 5.66. The minimum absolute atomic E-state index is 0. The quantitative estimate of drug-likeness (QED) is 0.313. The molecule has 174 valence electrons. The van der Waals surface area contributed by atoms with Gasteiger partial charge in [0.05, 0.1) is 26.3 Å². The fourth-order valence-electron chi connectivity index (χ4n) is 3.76. The van der Waals surface area contributed by atoms with Crippen molar-refractivity contribution in [2.75, 3.05) is 33.9 Å². The van der Waals surface area contributed by atoms with Crippen LogP contribution in [0.15, 0.2) is 23.2 Å². The fourth-order valence-corrected chi connectivity index (χ4v) is 3.76. The predicted molar refractivity (Wildman–Crippen MR) is 134 cm³/mol. The molecular formula is C23H37IN4O3. The fraction of sp³-hybridized carbons (Fsp3) is 0.652. The van der Waals surface area contributed by atoms with Gasteiger partial charge < -0.3 is 25.0 Å². The van der Waals surface area contributed by atoms with E-state index in [1.54, 1.807) is 19.0 Å². The number of aryl methyl sites for hydroxylation is 1. The molecule has 31 heavy (non-hydrogen) atoms. The summed E-state index contributed by atoms with van der Waals surface area (Å²) in [7, 11) is 3.52. The maximum atomic E-state index is 12.0. The summed E-state index contributed by atoms with van der Waals surface area (Å²) in [6, 6.07) is 6.64. The van der Waals surface area contributed by atoms with Gasteiger partial charge in [-0.25, -0.2) is 4.99 Å². The first kappa shape index (κ1) is 25.7. The summed E-state index contributed by atoms with van der Waals surface area (Å²) in [6.45, 7) is 4.17. The second kappa shape index (κ2) is 13.1. The van der Waals surface area contributed by atoms with E-state index in [9.17, 15) is 4.79 Å². The van der Waals surface area contributed by atoms with E-state index in [1.165, 1.54) is 19.3 Å². The molecule has 2 fully saturated rings. The number of nitrogens with one attached hydrogen (secondary N) is 2. The largest absolute Gasteiger partial charge is 0.488 e. The Hall–Kier alpha value is -1.55. The highest BCUT2D eigenvalue weighted by atomic mass is 127.